The number of nitriles is 1. The molecule has 0 radical (unpaired) electrons. The number of nitro groups is 1. The van der Waals surface area contributed by atoms with Crippen LogP contribution in [-0.2, 0) is 11.4 Å². The van der Waals surface area contributed by atoms with Crippen molar-refractivity contribution in [2.75, 3.05) is 5.32 Å². The number of non-ortho nitro benzene ring substituents is 1. The predicted molar refractivity (Wildman–Crippen MR) is 125 cm³/mol. The maximum atomic E-state index is 12.5. The fourth-order valence-corrected chi connectivity index (χ4v) is 3.10. The van der Waals surface area contributed by atoms with E-state index in [1.165, 1.54) is 18.2 Å². The minimum Gasteiger partial charge on any atom is -0.489 e. The number of halogens is 2. The van der Waals surface area contributed by atoms with Crippen molar-refractivity contribution >= 4 is 50.9 Å². The van der Waals surface area contributed by atoms with Gasteiger partial charge in [0.1, 0.15) is 24.0 Å². The van der Waals surface area contributed by atoms with Crippen LogP contribution in [0.2, 0.25) is 5.02 Å². The molecule has 3 aromatic carbocycles. The van der Waals surface area contributed by atoms with Crippen LogP contribution in [0.25, 0.3) is 6.08 Å². The number of ether oxygens (including phenoxy) is 1. The molecule has 0 saturated carbocycles. The maximum Gasteiger partial charge on any atom is 0.271 e. The molecule has 3 rings (SSSR count). The number of hydrogen-bond acceptors (Lipinski definition) is 5. The zero-order chi connectivity index (χ0) is 23.1. The van der Waals surface area contributed by atoms with E-state index in [1.54, 1.807) is 24.3 Å². The minimum atomic E-state index is -0.740. The smallest absolute Gasteiger partial charge is 0.271 e. The maximum absolute atomic E-state index is 12.5. The highest BCUT2D eigenvalue weighted by Crippen LogP contribution is 2.27. The van der Waals surface area contributed by atoms with Crippen LogP contribution in [0.1, 0.15) is 11.1 Å². The van der Waals surface area contributed by atoms with E-state index in [0.29, 0.717) is 17.9 Å². The van der Waals surface area contributed by atoms with Gasteiger partial charge in [0.05, 0.1) is 15.6 Å². The predicted octanol–water partition coefficient (Wildman–Crippen LogP) is 6.14. The Labute approximate surface area is 197 Å². The Balaban J connectivity index is 1.74. The van der Waals surface area contributed by atoms with Crippen LogP contribution >= 0.6 is 27.5 Å². The van der Waals surface area contributed by atoms with Crippen LogP contribution in [0.15, 0.2) is 76.8 Å². The average molecular weight is 513 g/mol. The van der Waals surface area contributed by atoms with E-state index < -0.39 is 10.8 Å². The van der Waals surface area contributed by atoms with Gasteiger partial charge < -0.3 is 10.1 Å². The summed E-state index contributed by atoms with van der Waals surface area (Å²) in [6, 6.07) is 20.1. The summed E-state index contributed by atoms with van der Waals surface area (Å²) >= 11 is 9.39. The summed E-state index contributed by atoms with van der Waals surface area (Å²) in [7, 11) is 0. The van der Waals surface area contributed by atoms with E-state index in [-0.39, 0.29) is 22.0 Å². The summed E-state index contributed by atoms with van der Waals surface area (Å²) in [5.74, 6) is -0.169. The second-order valence-electron chi connectivity index (χ2n) is 6.53. The molecule has 3 aromatic rings. The molecule has 0 atom stereocenters. The Morgan fingerprint density at radius 3 is 2.62 bits per heavy atom. The highest BCUT2D eigenvalue weighted by Gasteiger charge is 2.15. The van der Waals surface area contributed by atoms with Gasteiger partial charge >= 0.3 is 0 Å². The molecule has 0 aliphatic rings. The average Bonchev–Trinajstić information content (AvgIpc) is 2.78. The molecule has 32 heavy (non-hydrogen) atoms. The van der Waals surface area contributed by atoms with E-state index >= 15 is 0 Å². The molecular formula is C23H15BrClN3O4. The molecule has 0 fully saturated rings. The number of carbonyl (C=O) groups excluding carboxylic acids is 1. The number of nitrogens with one attached hydrogen (secondary N) is 1. The van der Waals surface area contributed by atoms with Gasteiger partial charge in [0, 0.05) is 16.6 Å². The number of nitrogens with zero attached hydrogens (tertiary/aromatic N) is 2. The molecule has 0 saturated heterocycles. The van der Waals surface area contributed by atoms with Crippen molar-refractivity contribution in [1.82, 2.24) is 0 Å². The van der Waals surface area contributed by atoms with Crippen molar-refractivity contribution in [2.45, 2.75) is 6.61 Å². The van der Waals surface area contributed by atoms with E-state index in [9.17, 15) is 20.2 Å². The van der Waals surface area contributed by atoms with Crippen molar-refractivity contribution in [3.05, 3.63) is 103 Å². The quantitative estimate of drug-likeness (QED) is 0.177. The van der Waals surface area contributed by atoms with Gasteiger partial charge in [0.2, 0.25) is 0 Å². The summed E-state index contributed by atoms with van der Waals surface area (Å²) in [5.41, 5.74) is 1.18. The van der Waals surface area contributed by atoms with Gasteiger partial charge in [-0.05, 0) is 47.5 Å². The molecule has 9 heteroatoms. The van der Waals surface area contributed by atoms with E-state index in [2.05, 4.69) is 21.2 Å². The van der Waals surface area contributed by atoms with Crippen molar-refractivity contribution in [2.24, 2.45) is 0 Å². The van der Waals surface area contributed by atoms with Gasteiger partial charge in [0.15, 0.2) is 0 Å². The first-order chi connectivity index (χ1) is 15.4. The van der Waals surface area contributed by atoms with E-state index in [1.807, 2.05) is 30.3 Å². The Hall–Kier alpha value is -3.67. The largest absolute Gasteiger partial charge is 0.489 e. The summed E-state index contributed by atoms with van der Waals surface area (Å²) in [6.45, 7) is 0.358. The molecule has 0 spiro atoms. The van der Waals surface area contributed by atoms with Gasteiger partial charge in [0.25, 0.3) is 11.6 Å². The van der Waals surface area contributed by atoms with E-state index in [4.69, 9.17) is 16.3 Å². The third kappa shape index (κ3) is 6.17. The van der Waals surface area contributed by atoms with Crippen molar-refractivity contribution < 1.29 is 14.5 Å². The molecule has 7 nitrogen and oxygen atoms in total. The van der Waals surface area contributed by atoms with Gasteiger partial charge in [-0.15, -0.1) is 0 Å². The lowest BCUT2D eigenvalue weighted by Gasteiger charge is -2.08. The molecule has 0 heterocycles. The third-order valence-corrected chi connectivity index (χ3v) is 5.12. The van der Waals surface area contributed by atoms with E-state index in [0.717, 1.165) is 16.1 Å². The molecule has 1 N–H and O–H groups in total. The summed E-state index contributed by atoms with van der Waals surface area (Å²) < 4.78 is 6.76. The van der Waals surface area contributed by atoms with Crippen molar-refractivity contribution in [3.63, 3.8) is 0 Å². The fraction of sp³-hybridized carbons (Fsp3) is 0.0435. The Morgan fingerprint density at radius 2 is 1.94 bits per heavy atom. The molecule has 0 aliphatic carbocycles. The Bertz CT molecular complexity index is 1240. The zero-order valence-corrected chi connectivity index (χ0v) is 18.8. The lowest BCUT2D eigenvalue weighted by molar-refractivity contribution is -0.384. The number of hydrogen-bond donors (Lipinski definition) is 1. The van der Waals surface area contributed by atoms with Crippen LogP contribution in [-0.4, -0.2) is 10.8 Å². The van der Waals surface area contributed by atoms with Crippen LogP contribution < -0.4 is 10.1 Å². The van der Waals surface area contributed by atoms with Crippen molar-refractivity contribution in [1.29, 1.82) is 5.26 Å². The first kappa shape index (κ1) is 23.0. The molecular weight excluding hydrogens is 498 g/mol. The highest BCUT2D eigenvalue weighted by atomic mass is 79.9. The number of rotatable bonds is 7. The van der Waals surface area contributed by atoms with Gasteiger partial charge in [-0.1, -0.05) is 51.8 Å². The number of nitro benzene ring substituents is 1. The topological polar surface area (TPSA) is 105 Å². The minimum absolute atomic E-state index is 0.0404. The molecule has 0 aromatic heterocycles. The van der Waals surface area contributed by atoms with Crippen LogP contribution in [0.3, 0.4) is 0 Å². The normalized spacial score (nSPS) is 10.8. The number of benzene rings is 3. The standard InChI is InChI=1S/C23H15BrClN3O4/c24-18-6-4-15(5-7-18)14-32-20-3-1-2-16(11-20)10-17(13-26)23(29)27-22-12-19(28(30)31)8-9-21(22)25/h1-12H,14H2,(H,27,29)/b17-10+. The number of amides is 1. The SMILES string of the molecule is N#C/C(=C\c1cccc(OCc2ccc(Br)cc2)c1)C(=O)Nc1cc([N+](=O)[O-])ccc1Cl. The lowest BCUT2D eigenvalue weighted by atomic mass is 10.1. The van der Waals surface area contributed by atoms with Gasteiger partial charge in [-0.25, -0.2) is 0 Å². The van der Waals surface area contributed by atoms with Crippen LogP contribution in [0.5, 0.6) is 5.75 Å². The Morgan fingerprint density at radius 1 is 1.19 bits per heavy atom. The molecule has 0 aliphatic heterocycles. The van der Waals surface area contributed by atoms with Crippen molar-refractivity contribution in [3.8, 4) is 11.8 Å². The second-order valence-corrected chi connectivity index (χ2v) is 7.86. The number of anilines is 1. The summed E-state index contributed by atoms with van der Waals surface area (Å²) in [4.78, 5) is 22.9. The first-order valence-electron chi connectivity index (χ1n) is 9.20. The molecule has 0 bridgehead atoms. The van der Waals surface area contributed by atoms with Crippen LogP contribution in [0.4, 0.5) is 11.4 Å². The summed E-state index contributed by atoms with van der Waals surface area (Å²) in [5, 5.41) is 22.9. The van der Waals surface area contributed by atoms with Gasteiger partial charge in [-0.2, -0.15) is 5.26 Å². The zero-order valence-electron chi connectivity index (χ0n) is 16.4. The lowest BCUT2D eigenvalue weighted by Crippen LogP contribution is -2.14. The number of carbonyl (C=O) groups is 1. The first-order valence-corrected chi connectivity index (χ1v) is 10.4. The monoisotopic (exact) mass is 511 g/mol. The summed E-state index contributed by atoms with van der Waals surface area (Å²) in [6.07, 6.45) is 1.40. The third-order valence-electron chi connectivity index (χ3n) is 4.26. The second kappa shape index (κ2) is 10.6. The van der Waals surface area contributed by atoms with Gasteiger partial charge in [-0.3, -0.25) is 14.9 Å². The Kier molecular flexibility index (Phi) is 7.60. The molecule has 0 unspecified atom stereocenters. The van der Waals surface area contributed by atoms with Crippen LogP contribution in [0, 0.1) is 21.4 Å². The molecule has 160 valence electrons. The fourth-order valence-electron chi connectivity index (χ4n) is 2.67. The molecule has 1 amide bonds. The highest BCUT2D eigenvalue weighted by molar-refractivity contribution is 9.10.